The molecule has 0 aromatic heterocycles. The summed E-state index contributed by atoms with van der Waals surface area (Å²) in [5.74, 6) is -1.33. The van der Waals surface area contributed by atoms with Gasteiger partial charge in [0.1, 0.15) is 5.75 Å². The third kappa shape index (κ3) is 2.76. The average molecular weight is 265 g/mol. The molecule has 0 spiro atoms. The lowest BCUT2D eigenvalue weighted by Gasteiger charge is -2.12. The number of hydrogen-bond donors (Lipinski definition) is 0. The van der Waals surface area contributed by atoms with Crippen molar-refractivity contribution in [2.45, 2.75) is 0 Å². The summed E-state index contributed by atoms with van der Waals surface area (Å²) in [4.78, 5) is 0. The predicted octanol–water partition coefficient (Wildman–Crippen LogP) is 3.57. The van der Waals surface area contributed by atoms with Crippen molar-refractivity contribution >= 4 is 0 Å². The molecule has 0 N–H and O–H groups in total. The Morgan fingerprint density at radius 3 is 2.47 bits per heavy atom. The molecule has 2 aromatic rings. The van der Waals surface area contributed by atoms with E-state index in [-0.39, 0.29) is 11.5 Å². The first-order chi connectivity index (χ1) is 9.15. The molecule has 1 radical (unpaired) electrons. The Labute approximate surface area is 109 Å². The second kappa shape index (κ2) is 5.56. The van der Waals surface area contributed by atoms with Crippen LogP contribution in [0.1, 0.15) is 0 Å². The smallest absolute Gasteiger partial charge is 0.201 e. The lowest BCUT2D eigenvalue weighted by molar-refractivity contribution is 0.359. The molecule has 3 nitrogen and oxygen atoms in total. The Kier molecular flexibility index (Phi) is 3.85. The summed E-state index contributed by atoms with van der Waals surface area (Å²) in [6.45, 7) is 0. The van der Waals surface area contributed by atoms with Crippen LogP contribution in [0.25, 0.3) is 0 Å². The van der Waals surface area contributed by atoms with Crippen molar-refractivity contribution in [2.24, 2.45) is 0 Å². The molecule has 0 fully saturated rings. The van der Waals surface area contributed by atoms with Gasteiger partial charge >= 0.3 is 0 Å². The monoisotopic (exact) mass is 265 g/mol. The van der Waals surface area contributed by atoms with E-state index in [1.54, 1.807) is 0 Å². The van der Waals surface area contributed by atoms with Gasteiger partial charge in [0.25, 0.3) is 0 Å². The van der Waals surface area contributed by atoms with Crippen LogP contribution < -0.4 is 14.2 Å². The largest absolute Gasteiger partial charge is 0.496 e. The zero-order valence-corrected chi connectivity index (χ0v) is 10.4. The zero-order chi connectivity index (χ0) is 13.8. The van der Waals surface area contributed by atoms with Crippen molar-refractivity contribution in [2.75, 3.05) is 14.2 Å². The van der Waals surface area contributed by atoms with Gasteiger partial charge in [-0.25, -0.2) is 4.39 Å². The second-order valence-electron chi connectivity index (χ2n) is 3.59. The van der Waals surface area contributed by atoms with Gasteiger partial charge in [-0.15, -0.1) is 0 Å². The van der Waals surface area contributed by atoms with Gasteiger partial charge in [0.15, 0.2) is 23.1 Å². The molecule has 0 heterocycles. The fourth-order valence-electron chi connectivity index (χ4n) is 1.48. The summed E-state index contributed by atoms with van der Waals surface area (Å²) in [5, 5.41) is 0. The van der Waals surface area contributed by atoms with Crippen LogP contribution in [0, 0.1) is 17.7 Å². The minimum atomic E-state index is -1.06. The van der Waals surface area contributed by atoms with E-state index in [2.05, 4.69) is 6.07 Å². The molecule has 0 aliphatic rings. The minimum Gasteiger partial charge on any atom is -0.496 e. The van der Waals surface area contributed by atoms with Gasteiger partial charge in [-0.3, -0.25) is 0 Å². The lowest BCUT2D eigenvalue weighted by Crippen LogP contribution is -1.95. The van der Waals surface area contributed by atoms with E-state index in [1.807, 2.05) is 0 Å². The van der Waals surface area contributed by atoms with Gasteiger partial charge in [-0.05, 0) is 18.2 Å². The maximum absolute atomic E-state index is 13.5. The number of ether oxygens (including phenoxy) is 3. The van der Waals surface area contributed by atoms with Gasteiger partial charge in [0.2, 0.25) is 5.82 Å². The Morgan fingerprint density at radius 2 is 1.79 bits per heavy atom. The number of benzene rings is 2. The van der Waals surface area contributed by atoms with E-state index in [9.17, 15) is 8.78 Å². The highest BCUT2D eigenvalue weighted by atomic mass is 19.2. The zero-order valence-electron chi connectivity index (χ0n) is 10.4. The molecule has 0 saturated heterocycles. The summed E-state index contributed by atoms with van der Waals surface area (Å²) < 4.78 is 42.0. The van der Waals surface area contributed by atoms with Gasteiger partial charge in [0, 0.05) is 12.1 Å². The summed E-state index contributed by atoms with van der Waals surface area (Å²) in [5.41, 5.74) is 0. The third-order valence-corrected chi connectivity index (χ3v) is 2.43. The summed E-state index contributed by atoms with van der Waals surface area (Å²) >= 11 is 0. The van der Waals surface area contributed by atoms with Crippen molar-refractivity contribution in [1.82, 2.24) is 0 Å². The third-order valence-electron chi connectivity index (χ3n) is 2.43. The molecule has 0 saturated carbocycles. The first-order valence-corrected chi connectivity index (χ1v) is 5.41. The van der Waals surface area contributed by atoms with Gasteiger partial charge < -0.3 is 14.2 Å². The molecule has 0 bridgehead atoms. The van der Waals surface area contributed by atoms with Crippen LogP contribution in [-0.4, -0.2) is 14.2 Å². The normalized spacial score (nSPS) is 10.1. The van der Waals surface area contributed by atoms with Crippen LogP contribution in [0.3, 0.4) is 0 Å². The van der Waals surface area contributed by atoms with Crippen molar-refractivity contribution in [3.8, 4) is 23.0 Å². The van der Waals surface area contributed by atoms with E-state index in [0.717, 1.165) is 6.07 Å². The highest BCUT2D eigenvalue weighted by molar-refractivity contribution is 5.47. The van der Waals surface area contributed by atoms with Gasteiger partial charge in [-0.2, -0.15) is 4.39 Å². The number of methoxy groups -OCH3 is 2. The van der Waals surface area contributed by atoms with Crippen LogP contribution in [0.5, 0.6) is 23.0 Å². The Bertz CT molecular complexity index is 585. The van der Waals surface area contributed by atoms with Crippen LogP contribution in [0.4, 0.5) is 8.78 Å². The average Bonchev–Trinajstić information content (AvgIpc) is 2.43. The number of halogens is 2. The summed E-state index contributed by atoms with van der Waals surface area (Å²) in [6.07, 6.45) is 0. The fraction of sp³-hybridized carbons (Fsp3) is 0.143. The first-order valence-electron chi connectivity index (χ1n) is 5.41. The van der Waals surface area contributed by atoms with Crippen molar-refractivity contribution < 1.29 is 23.0 Å². The summed E-state index contributed by atoms with van der Waals surface area (Å²) in [7, 11) is 2.90. The summed E-state index contributed by atoms with van der Waals surface area (Å²) in [6, 6.07) is 9.45. The molecule has 99 valence electrons. The highest BCUT2D eigenvalue weighted by Crippen LogP contribution is 2.35. The second-order valence-corrected chi connectivity index (χ2v) is 3.59. The first kappa shape index (κ1) is 13.1. The van der Waals surface area contributed by atoms with Crippen molar-refractivity contribution in [3.63, 3.8) is 0 Å². The number of rotatable bonds is 4. The van der Waals surface area contributed by atoms with Crippen LogP contribution >= 0.6 is 0 Å². The standard InChI is InChI=1S/C14H11F2O3/c1-17-9-6-7-11(18-2)13(8-9)19-12-5-3-4-10(15)14(12)16/h3-5,7-8H,1-2H3. The molecule has 0 amide bonds. The topological polar surface area (TPSA) is 27.7 Å². The molecular formula is C14H11F2O3. The fourth-order valence-corrected chi connectivity index (χ4v) is 1.48. The molecule has 19 heavy (non-hydrogen) atoms. The molecule has 0 aliphatic carbocycles. The minimum absolute atomic E-state index is 0.211. The highest BCUT2D eigenvalue weighted by Gasteiger charge is 2.13. The Hall–Kier alpha value is -2.30. The quantitative estimate of drug-likeness (QED) is 0.845. The molecule has 0 unspecified atom stereocenters. The van der Waals surface area contributed by atoms with Crippen molar-refractivity contribution in [1.29, 1.82) is 0 Å². The molecule has 5 heteroatoms. The van der Waals surface area contributed by atoms with E-state index in [4.69, 9.17) is 14.2 Å². The number of hydrogen-bond acceptors (Lipinski definition) is 3. The maximum atomic E-state index is 13.5. The van der Waals surface area contributed by atoms with Crippen molar-refractivity contribution in [3.05, 3.63) is 48.0 Å². The van der Waals surface area contributed by atoms with E-state index < -0.39 is 11.6 Å². The van der Waals surface area contributed by atoms with Gasteiger partial charge in [0.05, 0.1) is 14.2 Å². The Balaban J connectivity index is 2.39. The van der Waals surface area contributed by atoms with E-state index in [0.29, 0.717) is 11.5 Å². The van der Waals surface area contributed by atoms with Gasteiger partial charge in [-0.1, -0.05) is 6.07 Å². The molecule has 2 aromatic carbocycles. The van der Waals surface area contributed by atoms with Crippen LogP contribution in [0.2, 0.25) is 0 Å². The Morgan fingerprint density at radius 1 is 1.00 bits per heavy atom. The SMILES string of the molecule is COc1[c]cc(OC)c(Oc2cccc(F)c2F)c1. The van der Waals surface area contributed by atoms with Crippen LogP contribution in [-0.2, 0) is 0 Å². The lowest BCUT2D eigenvalue weighted by atomic mass is 10.3. The predicted molar refractivity (Wildman–Crippen MR) is 64.8 cm³/mol. The molecule has 2 rings (SSSR count). The maximum Gasteiger partial charge on any atom is 0.201 e. The van der Waals surface area contributed by atoms with E-state index >= 15 is 0 Å². The van der Waals surface area contributed by atoms with E-state index in [1.165, 1.54) is 38.5 Å². The molecular weight excluding hydrogens is 254 g/mol. The van der Waals surface area contributed by atoms with Crippen LogP contribution in [0.15, 0.2) is 30.3 Å². The molecule has 0 aliphatic heterocycles. The molecule has 0 atom stereocenters.